The number of aromatic nitrogens is 1. The summed E-state index contributed by atoms with van der Waals surface area (Å²) in [4.78, 5) is 15.4. The number of fused-ring (bicyclic) bond motifs is 2. The fourth-order valence-electron chi connectivity index (χ4n) is 3.96. The molecule has 5 nitrogen and oxygen atoms in total. The minimum Gasteiger partial charge on any atom is -0.360 e. The van der Waals surface area contributed by atoms with E-state index in [1.54, 1.807) is 25.1 Å². The van der Waals surface area contributed by atoms with Crippen LogP contribution in [0.15, 0.2) is 22.7 Å². The molecule has 1 N–H and O–H groups in total. The molecule has 0 aliphatic carbocycles. The van der Waals surface area contributed by atoms with Gasteiger partial charge in [0.05, 0.1) is 10.0 Å². The van der Waals surface area contributed by atoms with Crippen LogP contribution in [0.1, 0.15) is 35.4 Å². The molecule has 2 bridgehead atoms. The molecule has 1 aromatic carbocycles. The fraction of sp³-hybridized carbons (Fsp3) is 0.444. The first-order chi connectivity index (χ1) is 12.1. The van der Waals surface area contributed by atoms with Crippen LogP contribution in [0, 0.1) is 6.92 Å². The highest BCUT2D eigenvalue weighted by Crippen LogP contribution is 2.39. The number of amides is 1. The van der Waals surface area contributed by atoms with Crippen molar-refractivity contribution in [1.82, 2.24) is 15.4 Å². The van der Waals surface area contributed by atoms with Crippen molar-refractivity contribution in [3.05, 3.63) is 39.6 Å². The number of carbonyl (C=O) groups is 1. The first-order valence-corrected chi connectivity index (χ1v) is 9.27. The Balaban J connectivity index is 1.79. The summed E-state index contributed by atoms with van der Waals surface area (Å²) in [5, 5.41) is 8.43. The van der Waals surface area contributed by atoms with E-state index in [0.29, 0.717) is 32.6 Å². The van der Waals surface area contributed by atoms with E-state index in [1.807, 2.05) is 4.90 Å². The molecule has 1 amide bonds. The Kier molecular flexibility index (Phi) is 4.48. The average Bonchev–Trinajstić information content (AvgIpc) is 3.05. The monoisotopic (exact) mass is 379 g/mol. The molecule has 132 valence electrons. The lowest BCUT2D eigenvalue weighted by Crippen LogP contribution is -2.42. The molecule has 3 heterocycles. The van der Waals surface area contributed by atoms with Crippen molar-refractivity contribution in [1.29, 1.82) is 0 Å². The lowest BCUT2D eigenvalue weighted by atomic mass is 10.0. The van der Waals surface area contributed by atoms with Crippen molar-refractivity contribution in [2.24, 2.45) is 0 Å². The minimum absolute atomic E-state index is 0.0408. The number of carbonyl (C=O) groups excluding carboxylic acids is 1. The zero-order valence-corrected chi connectivity index (χ0v) is 15.4. The largest absolute Gasteiger partial charge is 0.360 e. The van der Waals surface area contributed by atoms with Crippen molar-refractivity contribution in [3.63, 3.8) is 0 Å². The maximum Gasteiger partial charge on any atom is 0.260 e. The van der Waals surface area contributed by atoms with Crippen LogP contribution in [0.2, 0.25) is 10.0 Å². The van der Waals surface area contributed by atoms with Gasteiger partial charge >= 0.3 is 0 Å². The second-order valence-electron chi connectivity index (χ2n) is 6.65. The van der Waals surface area contributed by atoms with Gasteiger partial charge in [-0.1, -0.05) is 34.4 Å². The van der Waals surface area contributed by atoms with Gasteiger partial charge in [0.1, 0.15) is 17.0 Å². The molecule has 1 aromatic heterocycles. The van der Waals surface area contributed by atoms with Gasteiger partial charge in [0.2, 0.25) is 0 Å². The van der Waals surface area contributed by atoms with Crippen molar-refractivity contribution >= 4 is 29.1 Å². The standard InChI is InChI=1S/C18H19Cl2N3O2/c1-10-15(17(22-25-10)16-13(19)3-2-4-14(16)20)18(24)23-11-5-6-12(23)9-21-8-7-11/h2-4,11-12,21H,5-9H2,1H3. The van der Waals surface area contributed by atoms with Crippen molar-refractivity contribution in [2.45, 2.75) is 38.3 Å². The van der Waals surface area contributed by atoms with Gasteiger partial charge < -0.3 is 14.7 Å². The fourth-order valence-corrected chi connectivity index (χ4v) is 4.54. The minimum atomic E-state index is -0.0408. The Morgan fingerprint density at radius 2 is 1.96 bits per heavy atom. The Morgan fingerprint density at radius 1 is 1.24 bits per heavy atom. The average molecular weight is 380 g/mol. The maximum atomic E-state index is 13.4. The van der Waals surface area contributed by atoms with E-state index in [4.69, 9.17) is 27.7 Å². The molecule has 2 unspecified atom stereocenters. The van der Waals surface area contributed by atoms with Gasteiger partial charge in [-0.05, 0) is 44.9 Å². The van der Waals surface area contributed by atoms with Crippen LogP contribution < -0.4 is 5.32 Å². The van der Waals surface area contributed by atoms with Gasteiger partial charge in [0.15, 0.2) is 0 Å². The Morgan fingerprint density at radius 3 is 2.72 bits per heavy atom. The number of rotatable bonds is 2. The zero-order chi connectivity index (χ0) is 17.6. The van der Waals surface area contributed by atoms with Gasteiger partial charge in [-0.15, -0.1) is 0 Å². The molecule has 2 aliphatic heterocycles. The summed E-state index contributed by atoms with van der Waals surface area (Å²) in [5.41, 5.74) is 1.44. The van der Waals surface area contributed by atoms with Crippen LogP contribution in [-0.2, 0) is 0 Å². The van der Waals surface area contributed by atoms with Gasteiger partial charge in [-0.2, -0.15) is 0 Å². The summed E-state index contributed by atoms with van der Waals surface area (Å²) in [6.07, 6.45) is 3.04. The normalized spacial score (nSPS) is 22.9. The molecule has 0 radical (unpaired) electrons. The zero-order valence-electron chi connectivity index (χ0n) is 13.9. The van der Waals surface area contributed by atoms with Crippen LogP contribution in [0.4, 0.5) is 0 Å². The van der Waals surface area contributed by atoms with Crippen LogP contribution in [0.25, 0.3) is 11.3 Å². The third-order valence-electron chi connectivity index (χ3n) is 5.16. The van der Waals surface area contributed by atoms with E-state index in [2.05, 4.69) is 10.5 Å². The Labute approximate surface area is 156 Å². The second-order valence-corrected chi connectivity index (χ2v) is 7.46. The number of halogens is 2. The molecule has 0 spiro atoms. The molecular formula is C18H19Cl2N3O2. The first kappa shape index (κ1) is 16.9. The summed E-state index contributed by atoms with van der Waals surface area (Å²) < 4.78 is 5.36. The van der Waals surface area contributed by atoms with Gasteiger partial charge in [-0.3, -0.25) is 4.79 Å². The summed E-state index contributed by atoms with van der Waals surface area (Å²) in [7, 11) is 0. The third kappa shape index (κ3) is 2.84. The molecule has 2 atom stereocenters. The Bertz CT molecular complexity index is 786. The Hall–Kier alpha value is -1.56. The lowest BCUT2D eigenvalue weighted by molar-refractivity contribution is 0.0679. The van der Waals surface area contributed by atoms with E-state index in [1.165, 1.54) is 0 Å². The summed E-state index contributed by atoms with van der Waals surface area (Å²) in [5.74, 6) is 0.452. The topological polar surface area (TPSA) is 58.4 Å². The van der Waals surface area contributed by atoms with Gasteiger partial charge in [-0.25, -0.2) is 0 Å². The maximum absolute atomic E-state index is 13.4. The van der Waals surface area contributed by atoms with E-state index >= 15 is 0 Å². The van der Waals surface area contributed by atoms with Crippen molar-refractivity contribution < 1.29 is 9.32 Å². The molecule has 2 fully saturated rings. The van der Waals surface area contributed by atoms with E-state index < -0.39 is 0 Å². The van der Waals surface area contributed by atoms with Gasteiger partial charge in [0.25, 0.3) is 5.91 Å². The quantitative estimate of drug-likeness (QED) is 0.858. The molecule has 0 saturated carbocycles. The number of hydrogen-bond donors (Lipinski definition) is 1. The summed E-state index contributed by atoms with van der Waals surface area (Å²) in [6, 6.07) is 5.71. The van der Waals surface area contributed by atoms with E-state index in [-0.39, 0.29) is 18.0 Å². The molecule has 2 aliphatic rings. The number of nitrogens with one attached hydrogen (secondary N) is 1. The van der Waals surface area contributed by atoms with E-state index in [9.17, 15) is 4.79 Å². The van der Waals surface area contributed by atoms with Crippen molar-refractivity contribution in [3.8, 4) is 11.3 Å². The van der Waals surface area contributed by atoms with Crippen LogP contribution in [-0.4, -0.2) is 41.1 Å². The van der Waals surface area contributed by atoms with Crippen LogP contribution in [0.5, 0.6) is 0 Å². The lowest BCUT2D eigenvalue weighted by Gasteiger charge is -2.28. The smallest absolute Gasteiger partial charge is 0.260 e. The van der Waals surface area contributed by atoms with E-state index in [0.717, 1.165) is 32.4 Å². The highest BCUT2D eigenvalue weighted by molar-refractivity contribution is 6.39. The van der Waals surface area contributed by atoms with Crippen molar-refractivity contribution in [2.75, 3.05) is 13.1 Å². The molecule has 2 saturated heterocycles. The predicted molar refractivity (Wildman–Crippen MR) is 97.2 cm³/mol. The summed E-state index contributed by atoms with van der Waals surface area (Å²) in [6.45, 7) is 3.53. The molecule has 4 rings (SSSR count). The first-order valence-electron chi connectivity index (χ1n) is 8.52. The predicted octanol–water partition coefficient (Wildman–Crippen LogP) is 3.92. The number of hydrogen-bond acceptors (Lipinski definition) is 4. The number of benzene rings is 1. The van der Waals surface area contributed by atoms with Gasteiger partial charge in [0, 0.05) is 24.2 Å². The SMILES string of the molecule is Cc1onc(-c2c(Cl)cccc2Cl)c1C(=O)N1C2CCNCC1CC2. The highest BCUT2D eigenvalue weighted by Gasteiger charge is 2.40. The molecule has 7 heteroatoms. The number of nitrogens with zero attached hydrogens (tertiary/aromatic N) is 2. The number of aryl methyl sites for hydroxylation is 1. The van der Waals surface area contributed by atoms with Crippen LogP contribution in [0.3, 0.4) is 0 Å². The third-order valence-corrected chi connectivity index (χ3v) is 5.79. The summed E-state index contributed by atoms with van der Waals surface area (Å²) >= 11 is 12.7. The molecule has 25 heavy (non-hydrogen) atoms. The highest BCUT2D eigenvalue weighted by atomic mass is 35.5. The molecular weight excluding hydrogens is 361 g/mol. The van der Waals surface area contributed by atoms with Crippen LogP contribution >= 0.6 is 23.2 Å². The molecule has 2 aromatic rings. The second kappa shape index (κ2) is 6.63.